The van der Waals surface area contributed by atoms with Crippen molar-refractivity contribution < 1.29 is 4.74 Å². The molecule has 1 atom stereocenters. The van der Waals surface area contributed by atoms with E-state index in [-0.39, 0.29) is 0 Å². The second-order valence-electron chi connectivity index (χ2n) is 4.70. The molecule has 2 heterocycles. The van der Waals surface area contributed by atoms with E-state index in [2.05, 4.69) is 27.1 Å². The molecule has 1 aromatic rings. The van der Waals surface area contributed by atoms with Gasteiger partial charge in [0, 0.05) is 38.7 Å². The Morgan fingerprint density at radius 3 is 3.17 bits per heavy atom. The van der Waals surface area contributed by atoms with E-state index in [1.54, 1.807) is 6.33 Å². The minimum atomic E-state index is 0.502. The Morgan fingerprint density at radius 1 is 1.50 bits per heavy atom. The summed E-state index contributed by atoms with van der Waals surface area (Å²) in [6.07, 6.45) is 2.81. The van der Waals surface area contributed by atoms with E-state index in [0.717, 1.165) is 45.8 Å². The molecule has 2 N–H and O–H groups in total. The Bertz CT molecular complexity index is 353. The normalized spacial score (nSPS) is 19.2. The van der Waals surface area contributed by atoms with Crippen LogP contribution in [0.1, 0.15) is 25.2 Å². The fourth-order valence-electron chi connectivity index (χ4n) is 2.39. The van der Waals surface area contributed by atoms with E-state index in [9.17, 15) is 0 Å². The molecule has 1 unspecified atom stereocenters. The highest BCUT2D eigenvalue weighted by atomic mass is 16.5. The topological polar surface area (TPSA) is 53.2 Å². The summed E-state index contributed by atoms with van der Waals surface area (Å²) in [4.78, 5) is 9.99. The van der Waals surface area contributed by atoms with Gasteiger partial charge in [0.15, 0.2) is 0 Å². The first kappa shape index (κ1) is 13.5. The highest BCUT2D eigenvalue weighted by Crippen LogP contribution is 2.12. The van der Waals surface area contributed by atoms with Gasteiger partial charge in [-0.2, -0.15) is 0 Å². The van der Waals surface area contributed by atoms with Crippen molar-refractivity contribution in [2.75, 3.05) is 32.8 Å². The third-order valence-electron chi connectivity index (χ3n) is 3.50. The lowest BCUT2D eigenvalue weighted by atomic mass is 10.1. The standard InChI is InChI=1S/C13H24N4O/c1-3-17(5-6-18-4-2)9-11-7-12-13(8-14-11)16-10-15-12/h10-11,14H,3-9H2,1-2H3,(H,15,16). The van der Waals surface area contributed by atoms with Crippen LogP contribution in [0.4, 0.5) is 0 Å². The smallest absolute Gasteiger partial charge is 0.0925 e. The Hall–Kier alpha value is -0.910. The van der Waals surface area contributed by atoms with Crippen molar-refractivity contribution in [3.05, 3.63) is 17.7 Å². The van der Waals surface area contributed by atoms with Crippen molar-refractivity contribution in [1.29, 1.82) is 0 Å². The Labute approximate surface area is 109 Å². The average molecular weight is 252 g/mol. The monoisotopic (exact) mass is 252 g/mol. The summed E-state index contributed by atoms with van der Waals surface area (Å²) in [5, 5.41) is 3.56. The number of imidazole rings is 1. The van der Waals surface area contributed by atoms with Gasteiger partial charge in [0.1, 0.15) is 0 Å². The summed E-state index contributed by atoms with van der Waals surface area (Å²) < 4.78 is 5.42. The molecule has 0 saturated carbocycles. The van der Waals surface area contributed by atoms with Gasteiger partial charge in [0.2, 0.25) is 0 Å². The van der Waals surface area contributed by atoms with E-state index in [4.69, 9.17) is 4.74 Å². The molecule has 0 radical (unpaired) electrons. The number of aromatic amines is 1. The molecule has 18 heavy (non-hydrogen) atoms. The van der Waals surface area contributed by atoms with Crippen molar-refractivity contribution in [2.45, 2.75) is 32.9 Å². The molecule has 5 nitrogen and oxygen atoms in total. The van der Waals surface area contributed by atoms with Crippen LogP contribution in [0.2, 0.25) is 0 Å². The number of hydrogen-bond acceptors (Lipinski definition) is 4. The summed E-state index contributed by atoms with van der Waals surface area (Å²) in [6.45, 7) is 9.92. The average Bonchev–Trinajstić information content (AvgIpc) is 2.85. The van der Waals surface area contributed by atoms with Gasteiger partial charge < -0.3 is 15.0 Å². The zero-order valence-electron chi connectivity index (χ0n) is 11.4. The number of aromatic nitrogens is 2. The molecular weight excluding hydrogens is 228 g/mol. The number of rotatable bonds is 7. The molecule has 1 aromatic heterocycles. The van der Waals surface area contributed by atoms with E-state index in [1.165, 1.54) is 11.4 Å². The molecular formula is C13H24N4O. The third-order valence-corrected chi connectivity index (χ3v) is 3.50. The minimum absolute atomic E-state index is 0.502. The molecule has 1 aliphatic heterocycles. The molecule has 2 rings (SSSR count). The summed E-state index contributed by atoms with van der Waals surface area (Å²) in [6, 6.07) is 0.502. The first-order chi connectivity index (χ1) is 8.83. The minimum Gasteiger partial charge on any atom is -0.380 e. The van der Waals surface area contributed by atoms with E-state index < -0.39 is 0 Å². The number of likely N-dealkylation sites (N-methyl/N-ethyl adjacent to an activating group) is 1. The second-order valence-corrected chi connectivity index (χ2v) is 4.70. The third kappa shape index (κ3) is 3.54. The summed E-state index contributed by atoms with van der Waals surface area (Å²) >= 11 is 0. The van der Waals surface area contributed by atoms with Gasteiger partial charge in [-0.25, -0.2) is 4.98 Å². The Morgan fingerprint density at radius 2 is 2.39 bits per heavy atom. The highest BCUT2D eigenvalue weighted by molar-refractivity contribution is 5.15. The molecule has 5 heteroatoms. The molecule has 102 valence electrons. The maximum absolute atomic E-state index is 5.42. The van der Waals surface area contributed by atoms with Gasteiger partial charge in [-0.05, 0) is 13.5 Å². The number of nitrogens with one attached hydrogen (secondary N) is 2. The number of H-pyrrole nitrogens is 1. The van der Waals surface area contributed by atoms with Crippen LogP contribution in [0.5, 0.6) is 0 Å². The number of nitrogens with zero attached hydrogens (tertiary/aromatic N) is 2. The van der Waals surface area contributed by atoms with Crippen LogP contribution in [0.25, 0.3) is 0 Å². The van der Waals surface area contributed by atoms with Crippen molar-refractivity contribution in [3.63, 3.8) is 0 Å². The first-order valence-corrected chi connectivity index (χ1v) is 6.88. The van der Waals surface area contributed by atoms with Crippen LogP contribution in [0.3, 0.4) is 0 Å². The lowest BCUT2D eigenvalue weighted by Crippen LogP contribution is -2.45. The lowest BCUT2D eigenvalue weighted by molar-refractivity contribution is 0.110. The summed E-state index contributed by atoms with van der Waals surface area (Å²) in [7, 11) is 0. The molecule has 0 bridgehead atoms. The zero-order valence-corrected chi connectivity index (χ0v) is 11.4. The maximum Gasteiger partial charge on any atom is 0.0925 e. The summed E-state index contributed by atoms with van der Waals surface area (Å²) in [5.74, 6) is 0. The molecule has 0 saturated heterocycles. The van der Waals surface area contributed by atoms with Crippen molar-refractivity contribution in [3.8, 4) is 0 Å². The quantitative estimate of drug-likeness (QED) is 0.704. The van der Waals surface area contributed by atoms with Crippen LogP contribution in [-0.4, -0.2) is 53.8 Å². The van der Waals surface area contributed by atoms with Gasteiger partial charge in [-0.15, -0.1) is 0 Å². The molecule has 0 aliphatic carbocycles. The summed E-state index contributed by atoms with van der Waals surface area (Å²) in [5.41, 5.74) is 2.46. The second kappa shape index (κ2) is 6.87. The van der Waals surface area contributed by atoms with Crippen LogP contribution in [0.15, 0.2) is 6.33 Å². The molecule has 1 aliphatic rings. The maximum atomic E-state index is 5.42. The highest BCUT2D eigenvalue weighted by Gasteiger charge is 2.21. The van der Waals surface area contributed by atoms with Crippen molar-refractivity contribution in [2.24, 2.45) is 0 Å². The SMILES string of the molecule is CCOCCN(CC)CC1Cc2nc[nH]c2CN1. The lowest BCUT2D eigenvalue weighted by Gasteiger charge is -2.29. The van der Waals surface area contributed by atoms with Crippen LogP contribution >= 0.6 is 0 Å². The van der Waals surface area contributed by atoms with Gasteiger partial charge in [-0.3, -0.25) is 4.90 Å². The van der Waals surface area contributed by atoms with Gasteiger partial charge in [0.05, 0.1) is 24.3 Å². The Kier molecular flexibility index (Phi) is 5.16. The molecule has 0 amide bonds. The predicted molar refractivity (Wildman–Crippen MR) is 71.5 cm³/mol. The molecule has 0 aromatic carbocycles. The number of hydrogen-bond donors (Lipinski definition) is 2. The van der Waals surface area contributed by atoms with Crippen molar-refractivity contribution in [1.82, 2.24) is 20.2 Å². The van der Waals surface area contributed by atoms with E-state index in [0.29, 0.717) is 6.04 Å². The number of fused-ring (bicyclic) bond motifs is 1. The zero-order chi connectivity index (χ0) is 12.8. The van der Waals surface area contributed by atoms with Gasteiger partial charge in [-0.1, -0.05) is 6.92 Å². The van der Waals surface area contributed by atoms with E-state index >= 15 is 0 Å². The fourth-order valence-corrected chi connectivity index (χ4v) is 2.39. The van der Waals surface area contributed by atoms with Gasteiger partial charge >= 0.3 is 0 Å². The van der Waals surface area contributed by atoms with Crippen LogP contribution < -0.4 is 5.32 Å². The molecule has 0 fully saturated rings. The van der Waals surface area contributed by atoms with E-state index in [1.807, 2.05) is 6.92 Å². The van der Waals surface area contributed by atoms with Crippen molar-refractivity contribution >= 4 is 0 Å². The first-order valence-electron chi connectivity index (χ1n) is 6.88. The number of ether oxygens (including phenoxy) is 1. The predicted octanol–water partition coefficient (Wildman–Crippen LogP) is 0.782. The largest absolute Gasteiger partial charge is 0.380 e. The molecule has 0 spiro atoms. The van der Waals surface area contributed by atoms with Crippen LogP contribution in [-0.2, 0) is 17.7 Å². The van der Waals surface area contributed by atoms with Gasteiger partial charge in [0.25, 0.3) is 0 Å². The fraction of sp³-hybridized carbons (Fsp3) is 0.769. The van der Waals surface area contributed by atoms with Crippen LogP contribution in [0, 0.1) is 0 Å². The Balaban J connectivity index is 1.78.